The monoisotopic (exact) mass is 292 g/mol. The summed E-state index contributed by atoms with van der Waals surface area (Å²) in [5.41, 5.74) is 2.45. The van der Waals surface area contributed by atoms with Crippen LogP contribution in [0.2, 0.25) is 0 Å². The number of nitrogens with zero attached hydrogens (tertiary/aromatic N) is 1. The lowest BCUT2D eigenvalue weighted by molar-refractivity contribution is 0.282. The van der Waals surface area contributed by atoms with Gasteiger partial charge >= 0.3 is 0 Å². The smallest absolute Gasteiger partial charge is 0.165 e. The molecule has 0 fully saturated rings. The molecule has 0 saturated carbocycles. The van der Waals surface area contributed by atoms with Gasteiger partial charge < -0.3 is 14.6 Å². The average Bonchev–Trinajstić information content (AvgIpc) is 2.78. The molecule has 0 bridgehead atoms. The summed E-state index contributed by atoms with van der Waals surface area (Å²) in [5, 5.41) is 7.13. The van der Waals surface area contributed by atoms with Gasteiger partial charge in [-0.25, -0.2) is 4.39 Å². The van der Waals surface area contributed by atoms with Crippen molar-refractivity contribution < 1.29 is 13.7 Å². The van der Waals surface area contributed by atoms with Crippen LogP contribution in [0.25, 0.3) is 0 Å². The topological polar surface area (TPSA) is 47.3 Å². The van der Waals surface area contributed by atoms with Crippen molar-refractivity contribution in [2.45, 2.75) is 40.3 Å². The van der Waals surface area contributed by atoms with E-state index < -0.39 is 0 Å². The number of hydrogen-bond donors (Lipinski definition) is 1. The van der Waals surface area contributed by atoms with Crippen molar-refractivity contribution >= 4 is 0 Å². The van der Waals surface area contributed by atoms with Crippen molar-refractivity contribution in [2.24, 2.45) is 0 Å². The molecule has 2 aromatic rings. The quantitative estimate of drug-likeness (QED) is 0.793. The van der Waals surface area contributed by atoms with Crippen LogP contribution in [0.15, 0.2) is 22.7 Å². The fraction of sp³-hybridized carbons (Fsp3) is 0.438. The van der Waals surface area contributed by atoms with Gasteiger partial charge in [-0.05, 0) is 32.9 Å². The van der Waals surface area contributed by atoms with Gasteiger partial charge in [-0.2, -0.15) is 0 Å². The van der Waals surface area contributed by atoms with Gasteiger partial charge in [-0.1, -0.05) is 24.2 Å². The number of aromatic nitrogens is 1. The van der Waals surface area contributed by atoms with Gasteiger partial charge in [-0.3, -0.25) is 0 Å². The first kappa shape index (κ1) is 15.5. The van der Waals surface area contributed by atoms with E-state index in [-0.39, 0.29) is 12.4 Å². The highest BCUT2D eigenvalue weighted by atomic mass is 19.1. The van der Waals surface area contributed by atoms with Crippen LogP contribution in [0.4, 0.5) is 4.39 Å². The zero-order valence-electron chi connectivity index (χ0n) is 12.7. The molecule has 1 heterocycles. The zero-order chi connectivity index (χ0) is 15.2. The molecule has 0 saturated heterocycles. The van der Waals surface area contributed by atoms with Crippen molar-refractivity contribution in [1.82, 2.24) is 10.5 Å². The first-order chi connectivity index (χ1) is 10.1. The van der Waals surface area contributed by atoms with Gasteiger partial charge in [-0.15, -0.1) is 0 Å². The Labute approximate surface area is 124 Å². The van der Waals surface area contributed by atoms with Crippen LogP contribution in [0.5, 0.6) is 5.75 Å². The van der Waals surface area contributed by atoms with E-state index in [0.717, 1.165) is 29.8 Å². The fourth-order valence-electron chi connectivity index (χ4n) is 2.11. The van der Waals surface area contributed by atoms with E-state index in [0.29, 0.717) is 18.1 Å². The molecule has 0 unspecified atom stereocenters. The second-order valence-electron chi connectivity index (χ2n) is 5.00. The highest BCUT2D eigenvalue weighted by molar-refractivity contribution is 5.35. The van der Waals surface area contributed by atoms with Gasteiger partial charge in [0.1, 0.15) is 12.4 Å². The SMILES string of the molecule is CCCNCc1cccc(F)c1OCc1c(C)noc1C. The van der Waals surface area contributed by atoms with Crippen LogP contribution in [-0.4, -0.2) is 11.7 Å². The minimum atomic E-state index is -0.349. The van der Waals surface area contributed by atoms with Crippen molar-refractivity contribution in [3.63, 3.8) is 0 Å². The summed E-state index contributed by atoms with van der Waals surface area (Å²) >= 11 is 0. The molecule has 114 valence electrons. The largest absolute Gasteiger partial charge is 0.485 e. The van der Waals surface area contributed by atoms with Crippen molar-refractivity contribution in [3.8, 4) is 5.75 Å². The summed E-state index contributed by atoms with van der Waals surface area (Å²) < 4.78 is 24.8. The second-order valence-corrected chi connectivity index (χ2v) is 5.00. The normalized spacial score (nSPS) is 10.9. The lowest BCUT2D eigenvalue weighted by atomic mass is 10.2. The van der Waals surface area contributed by atoms with E-state index in [2.05, 4.69) is 17.4 Å². The molecule has 5 heteroatoms. The molecular formula is C16H21FN2O2. The number of halogens is 1. The molecule has 4 nitrogen and oxygen atoms in total. The minimum Gasteiger partial charge on any atom is -0.485 e. The summed E-state index contributed by atoms with van der Waals surface area (Å²) in [4.78, 5) is 0. The molecule has 21 heavy (non-hydrogen) atoms. The Kier molecular flexibility index (Phi) is 5.33. The lowest BCUT2D eigenvalue weighted by Gasteiger charge is -2.13. The third-order valence-corrected chi connectivity index (χ3v) is 3.33. The van der Waals surface area contributed by atoms with Gasteiger partial charge in [0.05, 0.1) is 11.3 Å². The Morgan fingerprint density at radius 1 is 1.33 bits per heavy atom. The molecule has 1 N–H and O–H groups in total. The summed E-state index contributed by atoms with van der Waals surface area (Å²) in [5.74, 6) is 0.646. The van der Waals surface area contributed by atoms with Crippen LogP contribution in [0.3, 0.4) is 0 Å². The maximum absolute atomic E-state index is 14.0. The molecule has 0 atom stereocenters. The van der Waals surface area contributed by atoms with Gasteiger partial charge in [0, 0.05) is 12.1 Å². The Morgan fingerprint density at radius 2 is 2.14 bits per heavy atom. The molecule has 1 aromatic carbocycles. The number of rotatable bonds is 7. The fourth-order valence-corrected chi connectivity index (χ4v) is 2.11. The van der Waals surface area contributed by atoms with Crippen molar-refractivity contribution in [2.75, 3.05) is 6.54 Å². The first-order valence-electron chi connectivity index (χ1n) is 7.16. The maximum Gasteiger partial charge on any atom is 0.165 e. The maximum atomic E-state index is 14.0. The van der Waals surface area contributed by atoms with Gasteiger partial charge in [0.2, 0.25) is 0 Å². The van der Waals surface area contributed by atoms with Gasteiger partial charge in [0.25, 0.3) is 0 Å². The number of ether oxygens (including phenoxy) is 1. The molecular weight excluding hydrogens is 271 g/mol. The highest BCUT2D eigenvalue weighted by Crippen LogP contribution is 2.25. The molecule has 0 spiro atoms. The lowest BCUT2D eigenvalue weighted by Crippen LogP contribution is -2.15. The van der Waals surface area contributed by atoms with E-state index in [1.54, 1.807) is 6.07 Å². The number of benzene rings is 1. The van der Waals surface area contributed by atoms with Crippen molar-refractivity contribution in [1.29, 1.82) is 0 Å². The summed E-state index contributed by atoms with van der Waals surface area (Å²) in [6.45, 7) is 7.49. The predicted octanol–water partition coefficient (Wildman–Crippen LogP) is 3.51. The number of nitrogens with one attached hydrogen (secondary N) is 1. The molecule has 0 radical (unpaired) electrons. The van der Waals surface area contributed by atoms with Crippen LogP contribution < -0.4 is 10.1 Å². The molecule has 0 aliphatic rings. The van der Waals surface area contributed by atoms with E-state index in [4.69, 9.17) is 9.26 Å². The summed E-state index contributed by atoms with van der Waals surface area (Å²) in [6.07, 6.45) is 1.03. The van der Waals surface area contributed by atoms with Gasteiger partial charge in [0.15, 0.2) is 11.6 Å². The average molecular weight is 292 g/mol. The Balaban J connectivity index is 2.11. The second kappa shape index (κ2) is 7.22. The Hall–Kier alpha value is -1.88. The molecule has 2 rings (SSSR count). The molecule has 0 amide bonds. The molecule has 0 aliphatic heterocycles. The van der Waals surface area contributed by atoms with Crippen LogP contribution in [0.1, 0.15) is 35.9 Å². The summed E-state index contributed by atoms with van der Waals surface area (Å²) in [6, 6.07) is 4.97. The Morgan fingerprint density at radius 3 is 2.81 bits per heavy atom. The third-order valence-electron chi connectivity index (χ3n) is 3.33. The third kappa shape index (κ3) is 3.82. The number of hydrogen-bond acceptors (Lipinski definition) is 4. The van der Waals surface area contributed by atoms with E-state index in [1.807, 2.05) is 19.9 Å². The Bertz CT molecular complexity index is 576. The minimum absolute atomic E-state index is 0.253. The van der Waals surface area contributed by atoms with E-state index >= 15 is 0 Å². The van der Waals surface area contributed by atoms with E-state index in [9.17, 15) is 4.39 Å². The van der Waals surface area contributed by atoms with Crippen LogP contribution in [0, 0.1) is 19.7 Å². The van der Waals surface area contributed by atoms with Crippen LogP contribution in [-0.2, 0) is 13.2 Å². The standard InChI is InChI=1S/C16H21FN2O2/c1-4-8-18-9-13-6-5-7-15(17)16(13)20-10-14-11(2)19-21-12(14)3/h5-7,18H,4,8-10H2,1-3H3. The highest BCUT2D eigenvalue weighted by Gasteiger charge is 2.14. The summed E-state index contributed by atoms with van der Waals surface area (Å²) in [7, 11) is 0. The van der Waals surface area contributed by atoms with E-state index in [1.165, 1.54) is 6.07 Å². The first-order valence-corrected chi connectivity index (χ1v) is 7.16. The predicted molar refractivity (Wildman–Crippen MR) is 78.7 cm³/mol. The van der Waals surface area contributed by atoms with Crippen molar-refractivity contribution in [3.05, 3.63) is 46.6 Å². The number of para-hydroxylation sites is 1. The van der Waals surface area contributed by atoms with Crippen LogP contribution >= 0.6 is 0 Å². The number of aryl methyl sites for hydroxylation is 2. The molecule has 0 aliphatic carbocycles. The molecule has 1 aromatic heterocycles. The zero-order valence-corrected chi connectivity index (χ0v) is 12.7.